The van der Waals surface area contributed by atoms with Crippen LogP contribution in [0.3, 0.4) is 0 Å². The lowest BCUT2D eigenvalue weighted by molar-refractivity contribution is 0.0811. The second-order valence-electron chi connectivity index (χ2n) is 6.21. The van der Waals surface area contributed by atoms with Crippen LogP contribution in [-0.2, 0) is 5.60 Å². The Bertz CT molecular complexity index is 428. The number of hydrogen-bond acceptors (Lipinski definition) is 5. The van der Waals surface area contributed by atoms with E-state index in [1.54, 1.807) is 11.3 Å². The number of piperazine rings is 1. The van der Waals surface area contributed by atoms with Crippen LogP contribution in [0.4, 0.5) is 5.13 Å². The van der Waals surface area contributed by atoms with Crippen LogP contribution in [0.25, 0.3) is 0 Å². The molecule has 108 valence electrons. The summed E-state index contributed by atoms with van der Waals surface area (Å²) >= 11 is 1.65. The molecular formula is C14H25N3OS. The Kier molecular flexibility index (Phi) is 4.18. The molecule has 0 unspecified atom stereocenters. The Hall–Kier alpha value is -0.650. The summed E-state index contributed by atoms with van der Waals surface area (Å²) in [6, 6.07) is 0. The Labute approximate surface area is 120 Å². The first kappa shape index (κ1) is 14.8. The molecule has 2 rings (SSSR count). The van der Waals surface area contributed by atoms with E-state index in [1.807, 2.05) is 13.8 Å². The molecule has 1 aromatic rings. The van der Waals surface area contributed by atoms with Gasteiger partial charge in [-0.1, -0.05) is 25.2 Å². The molecule has 1 saturated heterocycles. The summed E-state index contributed by atoms with van der Waals surface area (Å²) in [5, 5.41) is 11.4. The molecule has 0 bridgehead atoms. The SMILES string of the molecule is CC(C)c1nc(N2CCN(C)CC2)sc1C(C)(C)O. The van der Waals surface area contributed by atoms with Crippen LogP contribution in [0.2, 0.25) is 0 Å². The van der Waals surface area contributed by atoms with Crippen molar-refractivity contribution in [2.24, 2.45) is 0 Å². The molecule has 2 heterocycles. The minimum atomic E-state index is -0.803. The van der Waals surface area contributed by atoms with E-state index in [-0.39, 0.29) is 0 Å². The summed E-state index contributed by atoms with van der Waals surface area (Å²) in [5.74, 6) is 0.346. The van der Waals surface area contributed by atoms with E-state index in [2.05, 4.69) is 30.7 Å². The highest BCUT2D eigenvalue weighted by Crippen LogP contribution is 2.37. The Morgan fingerprint density at radius 2 is 1.79 bits per heavy atom. The van der Waals surface area contributed by atoms with Crippen molar-refractivity contribution in [1.29, 1.82) is 0 Å². The van der Waals surface area contributed by atoms with Crippen molar-refractivity contribution >= 4 is 16.5 Å². The fourth-order valence-electron chi connectivity index (χ4n) is 2.28. The number of thiazole rings is 1. The van der Waals surface area contributed by atoms with E-state index in [4.69, 9.17) is 4.98 Å². The van der Waals surface area contributed by atoms with Gasteiger partial charge in [-0.3, -0.25) is 0 Å². The lowest BCUT2D eigenvalue weighted by atomic mass is 10.0. The normalized spacial score (nSPS) is 18.4. The fraction of sp³-hybridized carbons (Fsp3) is 0.786. The van der Waals surface area contributed by atoms with Gasteiger partial charge >= 0.3 is 0 Å². The minimum absolute atomic E-state index is 0.346. The average molecular weight is 283 g/mol. The Morgan fingerprint density at radius 1 is 1.21 bits per heavy atom. The second kappa shape index (κ2) is 5.38. The number of likely N-dealkylation sites (N-methyl/N-ethyl adjacent to an activating group) is 1. The van der Waals surface area contributed by atoms with Gasteiger partial charge in [0.25, 0.3) is 0 Å². The zero-order chi connectivity index (χ0) is 14.2. The maximum atomic E-state index is 10.3. The number of nitrogens with zero attached hydrogens (tertiary/aromatic N) is 3. The number of hydrogen-bond donors (Lipinski definition) is 1. The lowest BCUT2D eigenvalue weighted by Crippen LogP contribution is -2.44. The van der Waals surface area contributed by atoms with Crippen LogP contribution >= 0.6 is 11.3 Å². The van der Waals surface area contributed by atoms with Gasteiger partial charge in [0.15, 0.2) is 5.13 Å². The molecular weight excluding hydrogens is 258 g/mol. The second-order valence-corrected chi connectivity index (χ2v) is 7.19. The molecule has 1 N–H and O–H groups in total. The fourth-order valence-corrected chi connectivity index (χ4v) is 3.56. The van der Waals surface area contributed by atoms with E-state index in [0.29, 0.717) is 5.92 Å². The van der Waals surface area contributed by atoms with E-state index in [0.717, 1.165) is 41.9 Å². The maximum absolute atomic E-state index is 10.3. The molecule has 0 aliphatic carbocycles. The molecule has 19 heavy (non-hydrogen) atoms. The molecule has 1 fully saturated rings. The third-order valence-corrected chi connectivity index (χ3v) is 4.96. The summed E-state index contributed by atoms with van der Waals surface area (Å²) in [6.07, 6.45) is 0. The molecule has 0 radical (unpaired) electrons. The number of anilines is 1. The summed E-state index contributed by atoms with van der Waals surface area (Å²) in [5.41, 5.74) is 0.244. The average Bonchev–Trinajstić information content (AvgIpc) is 2.74. The van der Waals surface area contributed by atoms with E-state index >= 15 is 0 Å². The van der Waals surface area contributed by atoms with Crippen LogP contribution in [0.1, 0.15) is 44.2 Å². The van der Waals surface area contributed by atoms with Crippen molar-refractivity contribution in [2.45, 2.75) is 39.2 Å². The quantitative estimate of drug-likeness (QED) is 0.923. The van der Waals surface area contributed by atoms with Crippen molar-refractivity contribution in [3.05, 3.63) is 10.6 Å². The molecule has 4 nitrogen and oxygen atoms in total. The van der Waals surface area contributed by atoms with Crippen LogP contribution in [0.5, 0.6) is 0 Å². The van der Waals surface area contributed by atoms with Gasteiger partial charge in [-0.05, 0) is 26.8 Å². The summed E-state index contributed by atoms with van der Waals surface area (Å²) in [4.78, 5) is 10.5. The van der Waals surface area contributed by atoms with Crippen molar-refractivity contribution in [3.8, 4) is 0 Å². The Morgan fingerprint density at radius 3 is 2.21 bits per heavy atom. The van der Waals surface area contributed by atoms with E-state index < -0.39 is 5.60 Å². The van der Waals surface area contributed by atoms with Crippen LogP contribution in [0, 0.1) is 0 Å². The highest BCUT2D eigenvalue weighted by molar-refractivity contribution is 7.15. The molecule has 1 aliphatic heterocycles. The Balaban J connectivity index is 2.28. The maximum Gasteiger partial charge on any atom is 0.185 e. The predicted molar refractivity (Wildman–Crippen MR) is 81.2 cm³/mol. The van der Waals surface area contributed by atoms with Crippen molar-refractivity contribution in [2.75, 3.05) is 38.1 Å². The monoisotopic (exact) mass is 283 g/mol. The van der Waals surface area contributed by atoms with Gasteiger partial charge in [-0.25, -0.2) is 4.98 Å². The van der Waals surface area contributed by atoms with Gasteiger partial charge in [-0.15, -0.1) is 0 Å². The van der Waals surface area contributed by atoms with Crippen LogP contribution in [-0.4, -0.2) is 48.2 Å². The van der Waals surface area contributed by atoms with Gasteiger partial charge in [0.05, 0.1) is 16.2 Å². The van der Waals surface area contributed by atoms with Crippen molar-refractivity contribution in [3.63, 3.8) is 0 Å². The number of rotatable bonds is 3. The molecule has 0 amide bonds. The first-order valence-corrected chi connectivity index (χ1v) is 7.77. The van der Waals surface area contributed by atoms with Gasteiger partial charge in [0, 0.05) is 26.2 Å². The molecule has 0 saturated carbocycles. The van der Waals surface area contributed by atoms with Crippen LogP contribution in [0.15, 0.2) is 0 Å². The van der Waals surface area contributed by atoms with E-state index in [1.165, 1.54) is 0 Å². The molecule has 0 aromatic carbocycles. The van der Waals surface area contributed by atoms with Gasteiger partial charge in [0.2, 0.25) is 0 Å². The zero-order valence-electron chi connectivity index (χ0n) is 12.6. The highest BCUT2D eigenvalue weighted by Gasteiger charge is 2.28. The molecule has 0 atom stereocenters. The molecule has 0 spiro atoms. The highest BCUT2D eigenvalue weighted by atomic mass is 32.1. The molecule has 1 aromatic heterocycles. The third-order valence-electron chi connectivity index (χ3n) is 3.52. The van der Waals surface area contributed by atoms with Gasteiger partial charge in [-0.2, -0.15) is 0 Å². The van der Waals surface area contributed by atoms with E-state index in [9.17, 15) is 5.11 Å². The van der Waals surface area contributed by atoms with Crippen molar-refractivity contribution < 1.29 is 5.11 Å². The van der Waals surface area contributed by atoms with Crippen LogP contribution < -0.4 is 4.90 Å². The summed E-state index contributed by atoms with van der Waals surface area (Å²) in [7, 11) is 2.15. The molecule has 5 heteroatoms. The smallest absolute Gasteiger partial charge is 0.185 e. The molecule has 1 aliphatic rings. The third kappa shape index (κ3) is 3.27. The van der Waals surface area contributed by atoms with Crippen molar-refractivity contribution in [1.82, 2.24) is 9.88 Å². The number of aliphatic hydroxyl groups is 1. The minimum Gasteiger partial charge on any atom is -0.385 e. The first-order valence-electron chi connectivity index (χ1n) is 6.96. The lowest BCUT2D eigenvalue weighted by Gasteiger charge is -2.32. The predicted octanol–water partition coefficient (Wildman–Crippen LogP) is 2.25. The zero-order valence-corrected chi connectivity index (χ0v) is 13.4. The summed E-state index contributed by atoms with van der Waals surface area (Å²) in [6.45, 7) is 12.2. The van der Waals surface area contributed by atoms with Gasteiger partial charge in [0.1, 0.15) is 0 Å². The largest absolute Gasteiger partial charge is 0.385 e. The summed E-state index contributed by atoms with van der Waals surface area (Å²) < 4.78 is 0. The van der Waals surface area contributed by atoms with Gasteiger partial charge < -0.3 is 14.9 Å². The first-order chi connectivity index (χ1) is 8.79. The standard InChI is InChI=1S/C14H25N3OS/c1-10(2)11-12(14(3,4)18)19-13(15-11)17-8-6-16(5)7-9-17/h10,18H,6-9H2,1-5H3. The topological polar surface area (TPSA) is 39.6 Å². The number of aromatic nitrogens is 1.